The molecule has 1 aromatic carbocycles. The van der Waals surface area contributed by atoms with Gasteiger partial charge < -0.3 is 15.2 Å². The maximum Gasteiger partial charge on any atom is 0.231 e. The Morgan fingerprint density at radius 1 is 1.43 bits per heavy atom. The van der Waals surface area contributed by atoms with Crippen molar-refractivity contribution in [2.24, 2.45) is 5.73 Å². The number of benzene rings is 1. The maximum atomic E-state index is 5.93. The number of nitrogens with two attached hydrogens (primary N) is 1. The molecule has 1 aliphatic heterocycles. The van der Waals surface area contributed by atoms with Gasteiger partial charge in [-0.15, -0.1) is 12.4 Å². The van der Waals surface area contributed by atoms with Gasteiger partial charge in [-0.1, -0.05) is 19.1 Å². The third kappa shape index (κ3) is 1.79. The van der Waals surface area contributed by atoms with Crippen molar-refractivity contribution >= 4 is 12.4 Å². The summed E-state index contributed by atoms with van der Waals surface area (Å²) in [5, 5.41) is 0. The molecule has 0 fully saturated rings. The molecular weight excluding hydrogens is 202 g/mol. The lowest BCUT2D eigenvalue weighted by Gasteiger charge is -2.11. The Balaban J connectivity index is 0.000000980. The smallest absolute Gasteiger partial charge is 0.231 e. The van der Waals surface area contributed by atoms with E-state index < -0.39 is 0 Å². The molecular formula is C10H14ClNO2. The summed E-state index contributed by atoms with van der Waals surface area (Å²) in [7, 11) is 0. The van der Waals surface area contributed by atoms with Crippen LogP contribution in [0, 0.1) is 0 Å². The van der Waals surface area contributed by atoms with Crippen LogP contribution in [0.1, 0.15) is 24.9 Å². The molecule has 1 heterocycles. The van der Waals surface area contributed by atoms with Crippen LogP contribution >= 0.6 is 12.4 Å². The average Bonchev–Trinajstić information content (AvgIpc) is 2.63. The van der Waals surface area contributed by atoms with Crippen LogP contribution in [0.2, 0.25) is 0 Å². The third-order valence-corrected chi connectivity index (χ3v) is 2.27. The standard InChI is InChI=1S/C10H13NO2.ClH/c1-2-8(11)7-4-3-5-9-10(7)13-6-12-9;/h3-5,8H,2,6,11H2,1H3;1H/t8-;/m0./s1. The van der Waals surface area contributed by atoms with Crippen molar-refractivity contribution in [2.45, 2.75) is 19.4 Å². The molecule has 3 nitrogen and oxygen atoms in total. The summed E-state index contributed by atoms with van der Waals surface area (Å²) in [6.45, 7) is 2.36. The number of hydrogen-bond donors (Lipinski definition) is 1. The number of halogens is 1. The van der Waals surface area contributed by atoms with Gasteiger partial charge in [0.1, 0.15) is 0 Å². The van der Waals surface area contributed by atoms with Crippen LogP contribution < -0.4 is 15.2 Å². The maximum absolute atomic E-state index is 5.93. The predicted molar refractivity (Wildman–Crippen MR) is 57.0 cm³/mol. The molecule has 0 bridgehead atoms. The zero-order valence-corrected chi connectivity index (χ0v) is 8.84. The van der Waals surface area contributed by atoms with Crippen molar-refractivity contribution in [1.29, 1.82) is 0 Å². The van der Waals surface area contributed by atoms with Gasteiger partial charge in [0, 0.05) is 11.6 Å². The van der Waals surface area contributed by atoms with Crippen LogP contribution in [0.15, 0.2) is 18.2 Å². The number of fused-ring (bicyclic) bond motifs is 1. The van der Waals surface area contributed by atoms with E-state index in [0.29, 0.717) is 6.79 Å². The zero-order chi connectivity index (χ0) is 9.26. The highest BCUT2D eigenvalue weighted by Crippen LogP contribution is 2.38. The molecule has 2 rings (SSSR count). The molecule has 2 N–H and O–H groups in total. The number of rotatable bonds is 2. The Labute approximate surface area is 89.6 Å². The molecule has 14 heavy (non-hydrogen) atoms. The first-order chi connectivity index (χ1) is 6.33. The van der Waals surface area contributed by atoms with E-state index in [1.165, 1.54) is 0 Å². The van der Waals surface area contributed by atoms with E-state index in [1.54, 1.807) is 0 Å². The van der Waals surface area contributed by atoms with Gasteiger partial charge in [-0.05, 0) is 12.5 Å². The Kier molecular flexibility index (Phi) is 3.61. The second kappa shape index (κ2) is 4.53. The molecule has 0 radical (unpaired) electrons. The van der Waals surface area contributed by atoms with Crippen LogP contribution in [0.3, 0.4) is 0 Å². The van der Waals surface area contributed by atoms with Gasteiger partial charge in [0.15, 0.2) is 11.5 Å². The molecule has 0 spiro atoms. The Morgan fingerprint density at radius 2 is 2.21 bits per heavy atom. The fourth-order valence-electron chi connectivity index (χ4n) is 1.46. The van der Waals surface area contributed by atoms with E-state index in [2.05, 4.69) is 6.92 Å². The predicted octanol–water partition coefficient (Wildman–Crippen LogP) is 2.25. The fourth-order valence-corrected chi connectivity index (χ4v) is 1.46. The first kappa shape index (κ1) is 11.1. The van der Waals surface area contributed by atoms with Crippen LogP contribution in [-0.2, 0) is 0 Å². The van der Waals surface area contributed by atoms with Crippen LogP contribution in [0.4, 0.5) is 0 Å². The average molecular weight is 216 g/mol. The van der Waals surface area contributed by atoms with Crippen molar-refractivity contribution in [1.82, 2.24) is 0 Å². The molecule has 1 aromatic rings. The topological polar surface area (TPSA) is 44.5 Å². The highest BCUT2D eigenvalue weighted by atomic mass is 35.5. The zero-order valence-electron chi connectivity index (χ0n) is 8.03. The number of para-hydroxylation sites is 1. The first-order valence-electron chi connectivity index (χ1n) is 4.47. The molecule has 0 saturated carbocycles. The lowest BCUT2D eigenvalue weighted by molar-refractivity contribution is 0.173. The van der Waals surface area contributed by atoms with E-state index in [-0.39, 0.29) is 18.4 Å². The minimum atomic E-state index is 0. The summed E-state index contributed by atoms with van der Waals surface area (Å²) in [5.74, 6) is 1.62. The van der Waals surface area contributed by atoms with Crippen LogP contribution in [0.25, 0.3) is 0 Å². The van der Waals surface area contributed by atoms with Gasteiger partial charge in [0.2, 0.25) is 6.79 Å². The van der Waals surface area contributed by atoms with Gasteiger partial charge in [-0.3, -0.25) is 0 Å². The Bertz CT molecular complexity index is 317. The summed E-state index contributed by atoms with van der Waals surface area (Å²) < 4.78 is 10.6. The lowest BCUT2D eigenvalue weighted by atomic mass is 10.0. The second-order valence-corrected chi connectivity index (χ2v) is 3.10. The van der Waals surface area contributed by atoms with Gasteiger partial charge in [-0.25, -0.2) is 0 Å². The van der Waals surface area contributed by atoms with Crippen LogP contribution in [0.5, 0.6) is 11.5 Å². The number of hydrogen-bond acceptors (Lipinski definition) is 3. The van der Waals surface area contributed by atoms with E-state index in [9.17, 15) is 0 Å². The minimum Gasteiger partial charge on any atom is -0.454 e. The summed E-state index contributed by atoms with van der Waals surface area (Å²) in [6.07, 6.45) is 0.903. The Morgan fingerprint density at radius 3 is 2.93 bits per heavy atom. The molecule has 0 aromatic heterocycles. The van der Waals surface area contributed by atoms with Crippen molar-refractivity contribution in [3.05, 3.63) is 23.8 Å². The lowest BCUT2D eigenvalue weighted by Crippen LogP contribution is -2.09. The van der Waals surface area contributed by atoms with Crippen molar-refractivity contribution in [3.8, 4) is 11.5 Å². The summed E-state index contributed by atoms with van der Waals surface area (Å²) in [6, 6.07) is 5.87. The summed E-state index contributed by atoms with van der Waals surface area (Å²) in [4.78, 5) is 0. The summed E-state index contributed by atoms with van der Waals surface area (Å²) >= 11 is 0. The van der Waals surface area contributed by atoms with Crippen molar-refractivity contribution in [2.75, 3.05) is 6.79 Å². The van der Waals surface area contributed by atoms with Gasteiger partial charge >= 0.3 is 0 Å². The highest BCUT2D eigenvalue weighted by Gasteiger charge is 2.19. The molecule has 78 valence electrons. The SMILES string of the molecule is CC[C@H](N)c1cccc2c1OCO2.Cl. The summed E-state index contributed by atoms with van der Waals surface area (Å²) in [5.41, 5.74) is 6.97. The van der Waals surface area contributed by atoms with Crippen molar-refractivity contribution < 1.29 is 9.47 Å². The monoisotopic (exact) mass is 215 g/mol. The second-order valence-electron chi connectivity index (χ2n) is 3.10. The van der Waals surface area contributed by atoms with Crippen molar-refractivity contribution in [3.63, 3.8) is 0 Å². The highest BCUT2D eigenvalue weighted by molar-refractivity contribution is 5.85. The molecule has 4 heteroatoms. The molecule has 0 unspecified atom stereocenters. The van der Waals surface area contributed by atoms with E-state index in [0.717, 1.165) is 23.5 Å². The molecule has 1 aliphatic rings. The molecule has 0 saturated heterocycles. The largest absolute Gasteiger partial charge is 0.454 e. The first-order valence-corrected chi connectivity index (χ1v) is 4.47. The fraction of sp³-hybridized carbons (Fsp3) is 0.400. The van der Waals surface area contributed by atoms with E-state index in [4.69, 9.17) is 15.2 Å². The quantitative estimate of drug-likeness (QED) is 0.823. The molecule has 0 amide bonds. The van der Waals surface area contributed by atoms with Crippen LogP contribution in [-0.4, -0.2) is 6.79 Å². The van der Waals surface area contributed by atoms with E-state index >= 15 is 0 Å². The normalized spacial score (nSPS) is 14.7. The Hall–Kier alpha value is -0.930. The van der Waals surface area contributed by atoms with E-state index in [1.807, 2.05) is 18.2 Å². The van der Waals surface area contributed by atoms with Gasteiger partial charge in [0.05, 0.1) is 0 Å². The number of ether oxygens (including phenoxy) is 2. The third-order valence-electron chi connectivity index (χ3n) is 2.27. The van der Waals surface area contributed by atoms with Gasteiger partial charge in [-0.2, -0.15) is 0 Å². The van der Waals surface area contributed by atoms with Gasteiger partial charge in [0.25, 0.3) is 0 Å². The molecule has 0 aliphatic carbocycles. The molecule has 1 atom stereocenters. The minimum absolute atomic E-state index is 0.